The lowest BCUT2D eigenvalue weighted by Crippen LogP contribution is -2.00. The van der Waals surface area contributed by atoms with Crippen LogP contribution >= 0.6 is 0 Å². The number of hydrogen-bond donors (Lipinski definition) is 0. The smallest absolute Gasteiger partial charge is 0.163 e. The molecule has 2 nitrogen and oxygen atoms in total. The molecule has 16 heavy (non-hydrogen) atoms. The van der Waals surface area contributed by atoms with Crippen LogP contribution in [0.2, 0.25) is 0 Å². The van der Waals surface area contributed by atoms with Gasteiger partial charge in [-0.05, 0) is 36.8 Å². The molecule has 0 amide bonds. The summed E-state index contributed by atoms with van der Waals surface area (Å²) in [6.07, 6.45) is 0. The van der Waals surface area contributed by atoms with E-state index in [1.165, 1.54) is 0 Å². The molecule has 2 aromatic rings. The van der Waals surface area contributed by atoms with Crippen molar-refractivity contribution in [1.29, 1.82) is 0 Å². The van der Waals surface area contributed by atoms with Crippen molar-refractivity contribution in [1.82, 2.24) is 0 Å². The monoisotopic (exact) mass is 214 g/mol. The van der Waals surface area contributed by atoms with E-state index >= 15 is 0 Å². The first-order chi connectivity index (χ1) is 7.72. The topological polar surface area (TPSA) is 26.3 Å². The molecule has 0 bridgehead atoms. The van der Waals surface area contributed by atoms with Crippen molar-refractivity contribution < 1.29 is 9.53 Å². The first-order valence-corrected chi connectivity index (χ1v) is 5.39. The number of Topliss-reactive ketones (excluding diaryl/α,β-unsaturated/α-hetero) is 1. The van der Waals surface area contributed by atoms with Gasteiger partial charge in [-0.3, -0.25) is 4.79 Å². The van der Waals surface area contributed by atoms with E-state index < -0.39 is 0 Å². The van der Waals surface area contributed by atoms with Crippen LogP contribution in [0.4, 0.5) is 0 Å². The summed E-state index contributed by atoms with van der Waals surface area (Å²) in [5, 5.41) is 2.16. The van der Waals surface area contributed by atoms with Gasteiger partial charge in [0, 0.05) is 0 Å². The Morgan fingerprint density at radius 1 is 1.19 bits per heavy atom. The van der Waals surface area contributed by atoms with Gasteiger partial charge in [-0.15, -0.1) is 0 Å². The number of carbonyl (C=O) groups excluding carboxylic acids is 1. The van der Waals surface area contributed by atoms with Gasteiger partial charge in [0.2, 0.25) is 0 Å². The average molecular weight is 214 g/mol. The van der Waals surface area contributed by atoms with Crippen molar-refractivity contribution in [2.45, 2.75) is 13.8 Å². The summed E-state index contributed by atoms with van der Waals surface area (Å²) in [6, 6.07) is 11.8. The zero-order chi connectivity index (χ0) is 11.5. The normalized spacial score (nSPS) is 10.4. The minimum absolute atomic E-state index is 0.0363. The highest BCUT2D eigenvalue weighted by Crippen LogP contribution is 2.26. The number of ether oxygens (including phenoxy) is 1. The zero-order valence-corrected chi connectivity index (χ0v) is 9.49. The van der Waals surface area contributed by atoms with E-state index in [0.29, 0.717) is 17.9 Å². The maximum atomic E-state index is 11.5. The van der Waals surface area contributed by atoms with E-state index in [2.05, 4.69) is 0 Å². The minimum Gasteiger partial charge on any atom is -0.493 e. The molecule has 82 valence electrons. The van der Waals surface area contributed by atoms with Crippen molar-refractivity contribution in [3.05, 3.63) is 42.0 Å². The molecule has 0 aliphatic heterocycles. The highest BCUT2D eigenvalue weighted by molar-refractivity contribution is 6.01. The van der Waals surface area contributed by atoms with Gasteiger partial charge in [-0.1, -0.05) is 24.3 Å². The minimum atomic E-state index is 0.0363. The summed E-state index contributed by atoms with van der Waals surface area (Å²) in [5.74, 6) is 0.711. The Morgan fingerprint density at radius 3 is 2.38 bits per heavy atom. The SMILES string of the molecule is CCOc1cc2ccccc2cc1C(C)=O. The highest BCUT2D eigenvalue weighted by atomic mass is 16.5. The first-order valence-electron chi connectivity index (χ1n) is 5.39. The summed E-state index contributed by atoms with van der Waals surface area (Å²) in [7, 11) is 0. The van der Waals surface area contributed by atoms with E-state index in [1.54, 1.807) is 6.92 Å². The van der Waals surface area contributed by atoms with Crippen LogP contribution in [0.5, 0.6) is 5.75 Å². The van der Waals surface area contributed by atoms with E-state index in [4.69, 9.17) is 4.74 Å². The Hall–Kier alpha value is -1.83. The van der Waals surface area contributed by atoms with Gasteiger partial charge in [-0.2, -0.15) is 0 Å². The molecule has 0 fully saturated rings. The Labute approximate surface area is 94.8 Å². The van der Waals surface area contributed by atoms with Crippen LogP contribution in [0.15, 0.2) is 36.4 Å². The maximum absolute atomic E-state index is 11.5. The summed E-state index contributed by atoms with van der Waals surface area (Å²) in [4.78, 5) is 11.5. The van der Waals surface area contributed by atoms with Crippen LogP contribution in [-0.4, -0.2) is 12.4 Å². The molecular weight excluding hydrogens is 200 g/mol. The molecule has 0 aromatic heterocycles. The van der Waals surface area contributed by atoms with Crippen molar-refractivity contribution in [2.75, 3.05) is 6.61 Å². The molecule has 0 heterocycles. The lowest BCUT2D eigenvalue weighted by molar-refractivity contribution is 0.101. The quantitative estimate of drug-likeness (QED) is 0.731. The van der Waals surface area contributed by atoms with Gasteiger partial charge < -0.3 is 4.74 Å². The third-order valence-electron chi connectivity index (χ3n) is 2.53. The molecule has 0 aliphatic carbocycles. The molecule has 2 rings (SSSR count). The molecule has 2 heteroatoms. The van der Waals surface area contributed by atoms with Gasteiger partial charge in [0.05, 0.1) is 12.2 Å². The summed E-state index contributed by atoms with van der Waals surface area (Å²) >= 11 is 0. The third-order valence-corrected chi connectivity index (χ3v) is 2.53. The van der Waals surface area contributed by atoms with E-state index in [0.717, 1.165) is 10.8 Å². The first kappa shape index (κ1) is 10.7. The molecule has 0 saturated heterocycles. The van der Waals surface area contributed by atoms with Crippen LogP contribution in [0, 0.1) is 0 Å². The van der Waals surface area contributed by atoms with Gasteiger partial charge in [0.15, 0.2) is 5.78 Å². The van der Waals surface area contributed by atoms with Crippen LogP contribution in [0.3, 0.4) is 0 Å². The molecule has 0 saturated carbocycles. The van der Waals surface area contributed by atoms with Crippen LogP contribution in [0.25, 0.3) is 10.8 Å². The Bertz CT molecular complexity index is 529. The predicted molar refractivity (Wildman–Crippen MR) is 65.1 cm³/mol. The standard InChI is InChI=1S/C14H14O2/c1-3-16-14-9-12-7-5-4-6-11(12)8-13(14)10(2)15/h4-9H,3H2,1-2H3. The fraction of sp³-hybridized carbons (Fsp3) is 0.214. The molecule has 0 spiro atoms. The number of benzene rings is 2. The second-order valence-corrected chi connectivity index (χ2v) is 3.68. The molecule has 0 aliphatic rings. The van der Waals surface area contributed by atoms with Gasteiger partial charge >= 0.3 is 0 Å². The van der Waals surface area contributed by atoms with Crippen LogP contribution in [0.1, 0.15) is 24.2 Å². The Balaban J connectivity index is 2.65. The molecule has 0 radical (unpaired) electrons. The number of rotatable bonds is 3. The van der Waals surface area contributed by atoms with Gasteiger partial charge in [0.25, 0.3) is 0 Å². The van der Waals surface area contributed by atoms with Crippen LogP contribution < -0.4 is 4.74 Å². The van der Waals surface area contributed by atoms with E-state index in [1.807, 2.05) is 43.3 Å². The average Bonchev–Trinajstić information content (AvgIpc) is 2.28. The second kappa shape index (κ2) is 4.35. The number of carbonyl (C=O) groups is 1. The summed E-state index contributed by atoms with van der Waals surface area (Å²) in [5.41, 5.74) is 0.653. The fourth-order valence-corrected chi connectivity index (χ4v) is 1.77. The predicted octanol–water partition coefficient (Wildman–Crippen LogP) is 3.44. The van der Waals surface area contributed by atoms with Crippen LogP contribution in [-0.2, 0) is 0 Å². The summed E-state index contributed by atoms with van der Waals surface area (Å²) in [6.45, 7) is 4.05. The number of fused-ring (bicyclic) bond motifs is 1. The molecular formula is C14H14O2. The zero-order valence-electron chi connectivity index (χ0n) is 9.49. The Morgan fingerprint density at radius 2 is 1.81 bits per heavy atom. The maximum Gasteiger partial charge on any atom is 0.163 e. The van der Waals surface area contributed by atoms with Crippen molar-refractivity contribution in [2.24, 2.45) is 0 Å². The second-order valence-electron chi connectivity index (χ2n) is 3.68. The number of ketones is 1. The summed E-state index contributed by atoms with van der Waals surface area (Å²) < 4.78 is 5.49. The van der Waals surface area contributed by atoms with E-state index in [-0.39, 0.29) is 5.78 Å². The third kappa shape index (κ3) is 1.91. The lowest BCUT2D eigenvalue weighted by Gasteiger charge is -2.09. The lowest BCUT2D eigenvalue weighted by atomic mass is 10.0. The largest absolute Gasteiger partial charge is 0.493 e. The molecule has 0 N–H and O–H groups in total. The Kier molecular flexibility index (Phi) is 2.91. The van der Waals surface area contributed by atoms with Crippen molar-refractivity contribution >= 4 is 16.6 Å². The molecule has 0 unspecified atom stereocenters. The molecule has 0 atom stereocenters. The van der Waals surface area contributed by atoms with Gasteiger partial charge in [0.1, 0.15) is 5.75 Å². The molecule has 2 aromatic carbocycles. The van der Waals surface area contributed by atoms with Crippen molar-refractivity contribution in [3.8, 4) is 5.75 Å². The fourth-order valence-electron chi connectivity index (χ4n) is 1.77. The van der Waals surface area contributed by atoms with Gasteiger partial charge in [-0.25, -0.2) is 0 Å². The van der Waals surface area contributed by atoms with E-state index in [9.17, 15) is 4.79 Å². The highest BCUT2D eigenvalue weighted by Gasteiger charge is 2.09. The number of hydrogen-bond acceptors (Lipinski definition) is 2. The van der Waals surface area contributed by atoms with Crippen molar-refractivity contribution in [3.63, 3.8) is 0 Å².